The number of anilines is 1. The zero-order chi connectivity index (χ0) is 21.0. The van der Waals surface area contributed by atoms with Crippen LogP contribution in [0.25, 0.3) is 5.69 Å². The highest BCUT2D eigenvalue weighted by molar-refractivity contribution is 6.43. The Hall–Kier alpha value is -2.28. The van der Waals surface area contributed by atoms with E-state index in [9.17, 15) is 4.79 Å². The molecular weight excluding hydrogens is 421 g/mol. The number of nitrogens with zero attached hydrogens (tertiary/aromatic N) is 4. The van der Waals surface area contributed by atoms with Gasteiger partial charge in [-0.3, -0.25) is 14.0 Å². The topological polar surface area (TPSA) is 69.1 Å². The molecule has 2 aliphatic rings. The Bertz CT molecular complexity index is 1180. The number of hydrogen-bond donors (Lipinski definition) is 1. The van der Waals surface area contributed by atoms with Crippen molar-refractivity contribution in [2.24, 2.45) is 11.1 Å². The second-order valence-corrected chi connectivity index (χ2v) is 9.13. The van der Waals surface area contributed by atoms with E-state index in [-0.39, 0.29) is 17.0 Å². The third-order valence-electron chi connectivity index (χ3n) is 6.69. The van der Waals surface area contributed by atoms with Crippen LogP contribution in [0.5, 0.6) is 0 Å². The van der Waals surface area contributed by atoms with Gasteiger partial charge in [0.15, 0.2) is 0 Å². The van der Waals surface area contributed by atoms with Crippen LogP contribution >= 0.6 is 23.2 Å². The van der Waals surface area contributed by atoms with Crippen molar-refractivity contribution in [3.63, 3.8) is 0 Å². The Balaban J connectivity index is 1.40. The number of halogens is 2. The second kappa shape index (κ2) is 7.15. The fraction of sp³-hybridized carbons (Fsp3) is 0.364. The smallest absolute Gasteiger partial charge is 0.257 e. The van der Waals surface area contributed by atoms with Crippen LogP contribution in [0.2, 0.25) is 10.0 Å². The van der Waals surface area contributed by atoms with Gasteiger partial charge in [-0.1, -0.05) is 29.3 Å². The number of fused-ring (bicyclic) bond motifs is 1. The molecule has 1 atom stereocenters. The number of aryl methyl sites for hydroxylation is 1. The Kier molecular flexibility index (Phi) is 4.69. The Labute approximate surface area is 184 Å². The lowest BCUT2D eigenvalue weighted by atomic mass is 9.73. The molecule has 1 fully saturated rings. The van der Waals surface area contributed by atoms with Crippen LogP contribution in [0, 0.1) is 12.3 Å². The predicted octanol–water partition coefficient (Wildman–Crippen LogP) is 3.95. The van der Waals surface area contributed by atoms with Crippen LogP contribution in [0.4, 0.5) is 5.69 Å². The van der Waals surface area contributed by atoms with Crippen LogP contribution in [-0.2, 0) is 6.54 Å². The highest BCUT2D eigenvalue weighted by atomic mass is 35.5. The average Bonchev–Trinajstić information content (AvgIpc) is 3.27. The van der Waals surface area contributed by atoms with Gasteiger partial charge >= 0.3 is 0 Å². The zero-order valence-corrected chi connectivity index (χ0v) is 18.2. The van der Waals surface area contributed by atoms with Crippen molar-refractivity contribution in [3.8, 4) is 5.69 Å². The summed E-state index contributed by atoms with van der Waals surface area (Å²) in [6.45, 7) is 4.51. The molecule has 0 unspecified atom stereocenters. The summed E-state index contributed by atoms with van der Waals surface area (Å²) in [7, 11) is 0. The highest BCUT2D eigenvalue weighted by Gasteiger charge is 2.46. The number of benzene rings is 1. The maximum absolute atomic E-state index is 13.0. The number of rotatable bonds is 2. The van der Waals surface area contributed by atoms with Crippen molar-refractivity contribution in [3.05, 3.63) is 74.4 Å². The Morgan fingerprint density at radius 3 is 2.63 bits per heavy atom. The molecule has 0 saturated carbocycles. The summed E-state index contributed by atoms with van der Waals surface area (Å²) in [4.78, 5) is 15.3. The van der Waals surface area contributed by atoms with Gasteiger partial charge in [0.2, 0.25) is 0 Å². The van der Waals surface area contributed by atoms with E-state index in [4.69, 9.17) is 28.9 Å². The summed E-state index contributed by atoms with van der Waals surface area (Å²) in [5, 5.41) is 5.22. The minimum absolute atomic E-state index is 0.0156. The molecule has 30 heavy (non-hydrogen) atoms. The standard InChI is InChI=1S/C22H23Cl2N5O/c1-14-11-15(12-19(30)29(14)17-4-2-3-16(23)20(17)24)27-9-6-22(7-10-27)13-28-18(21(22)25)5-8-26-28/h2-5,8,11-12,21H,6-7,9-10,13,25H2,1H3/t21-/m1/s1. The summed E-state index contributed by atoms with van der Waals surface area (Å²) in [5.41, 5.74) is 10.0. The van der Waals surface area contributed by atoms with Gasteiger partial charge in [0, 0.05) is 48.7 Å². The summed E-state index contributed by atoms with van der Waals surface area (Å²) >= 11 is 12.5. The zero-order valence-electron chi connectivity index (χ0n) is 16.7. The highest BCUT2D eigenvalue weighted by Crippen LogP contribution is 2.48. The van der Waals surface area contributed by atoms with Crippen LogP contribution in [0.15, 0.2) is 47.4 Å². The molecule has 2 aliphatic heterocycles. The molecule has 1 spiro atoms. The van der Waals surface area contributed by atoms with E-state index >= 15 is 0 Å². The first-order valence-electron chi connectivity index (χ1n) is 10.1. The van der Waals surface area contributed by atoms with Crippen molar-refractivity contribution in [1.82, 2.24) is 14.3 Å². The fourth-order valence-corrected chi connectivity index (χ4v) is 5.35. The fourth-order valence-electron chi connectivity index (χ4n) is 4.97. The van der Waals surface area contributed by atoms with Crippen LogP contribution in [0.1, 0.15) is 30.3 Å². The molecule has 6 nitrogen and oxygen atoms in total. The third-order valence-corrected chi connectivity index (χ3v) is 7.50. The molecule has 0 amide bonds. The summed E-state index contributed by atoms with van der Waals surface area (Å²) in [6.07, 6.45) is 3.76. The van der Waals surface area contributed by atoms with Gasteiger partial charge in [0.05, 0.1) is 27.5 Å². The minimum Gasteiger partial charge on any atom is -0.371 e. The molecule has 4 heterocycles. The first-order valence-corrected chi connectivity index (χ1v) is 10.9. The van der Waals surface area contributed by atoms with E-state index < -0.39 is 0 Å². The first kappa shape index (κ1) is 19.7. The molecule has 0 radical (unpaired) electrons. The van der Waals surface area contributed by atoms with E-state index in [1.807, 2.05) is 29.9 Å². The van der Waals surface area contributed by atoms with E-state index in [1.54, 1.807) is 28.8 Å². The molecule has 156 valence electrons. The minimum atomic E-state index is -0.118. The molecule has 0 bridgehead atoms. The van der Waals surface area contributed by atoms with Gasteiger partial charge in [0.25, 0.3) is 5.56 Å². The molecule has 1 saturated heterocycles. The van der Waals surface area contributed by atoms with Gasteiger partial charge < -0.3 is 10.6 Å². The predicted molar refractivity (Wildman–Crippen MR) is 120 cm³/mol. The van der Waals surface area contributed by atoms with E-state index in [2.05, 4.69) is 10.00 Å². The van der Waals surface area contributed by atoms with Gasteiger partial charge in [-0.2, -0.15) is 5.10 Å². The molecule has 8 heteroatoms. The maximum atomic E-state index is 13.0. The van der Waals surface area contributed by atoms with Gasteiger partial charge in [-0.05, 0) is 44.0 Å². The second-order valence-electron chi connectivity index (χ2n) is 8.34. The Morgan fingerprint density at radius 1 is 1.17 bits per heavy atom. The summed E-state index contributed by atoms with van der Waals surface area (Å²) in [6, 6.07) is 11.1. The van der Waals surface area contributed by atoms with Gasteiger partial charge in [-0.15, -0.1) is 0 Å². The Morgan fingerprint density at radius 2 is 1.93 bits per heavy atom. The van der Waals surface area contributed by atoms with Gasteiger partial charge in [-0.25, -0.2) is 0 Å². The van der Waals surface area contributed by atoms with Crippen LogP contribution < -0.4 is 16.2 Å². The lowest BCUT2D eigenvalue weighted by Gasteiger charge is -2.42. The van der Waals surface area contributed by atoms with E-state index in [0.717, 1.165) is 49.6 Å². The van der Waals surface area contributed by atoms with E-state index in [1.165, 1.54) is 0 Å². The molecule has 0 aliphatic carbocycles. The van der Waals surface area contributed by atoms with Gasteiger partial charge in [0.1, 0.15) is 0 Å². The average molecular weight is 444 g/mol. The molecular formula is C22H23Cl2N5O. The maximum Gasteiger partial charge on any atom is 0.257 e. The number of hydrogen-bond acceptors (Lipinski definition) is 4. The molecule has 1 aromatic carbocycles. The van der Waals surface area contributed by atoms with Crippen LogP contribution in [0.3, 0.4) is 0 Å². The molecule has 2 aromatic heterocycles. The number of piperidine rings is 1. The summed E-state index contributed by atoms with van der Waals surface area (Å²) in [5.74, 6) is 0. The third kappa shape index (κ3) is 2.97. The largest absolute Gasteiger partial charge is 0.371 e. The lowest BCUT2D eigenvalue weighted by Crippen LogP contribution is -2.45. The van der Waals surface area contributed by atoms with Crippen LogP contribution in [-0.4, -0.2) is 27.4 Å². The lowest BCUT2D eigenvalue weighted by molar-refractivity contribution is 0.170. The molecule has 2 N–H and O–H groups in total. The van der Waals surface area contributed by atoms with Crippen molar-refractivity contribution < 1.29 is 0 Å². The van der Waals surface area contributed by atoms with Crippen molar-refractivity contribution in [2.75, 3.05) is 18.0 Å². The number of aromatic nitrogens is 3. The number of nitrogens with two attached hydrogens (primary N) is 1. The SMILES string of the molecule is Cc1cc(N2CCC3(CC2)Cn2nccc2[C@H]3N)cc(=O)n1-c1cccc(Cl)c1Cl. The normalized spacial score (nSPS) is 20.0. The van der Waals surface area contributed by atoms with E-state index in [0.29, 0.717) is 15.7 Å². The quantitative estimate of drug-likeness (QED) is 0.650. The summed E-state index contributed by atoms with van der Waals surface area (Å²) < 4.78 is 3.65. The van der Waals surface area contributed by atoms with Crippen molar-refractivity contribution in [1.29, 1.82) is 0 Å². The monoisotopic (exact) mass is 443 g/mol. The molecule has 5 rings (SSSR count). The van der Waals surface area contributed by atoms with Crippen molar-refractivity contribution in [2.45, 2.75) is 32.4 Å². The molecule has 3 aromatic rings. The first-order chi connectivity index (χ1) is 14.4. The van der Waals surface area contributed by atoms with Crippen molar-refractivity contribution >= 4 is 28.9 Å². The number of pyridine rings is 1.